The van der Waals surface area contributed by atoms with E-state index in [0.717, 1.165) is 30.3 Å². The van der Waals surface area contributed by atoms with E-state index in [4.69, 9.17) is 12.2 Å². The third-order valence-corrected chi connectivity index (χ3v) is 4.24. The zero-order valence-electron chi connectivity index (χ0n) is 13.3. The van der Waals surface area contributed by atoms with Crippen molar-refractivity contribution in [2.75, 3.05) is 11.9 Å². The molecule has 2 heterocycles. The molecule has 0 spiro atoms. The molecule has 3 rings (SSSR count). The van der Waals surface area contributed by atoms with Gasteiger partial charge in [0.2, 0.25) is 0 Å². The van der Waals surface area contributed by atoms with Crippen molar-refractivity contribution in [1.29, 1.82) is 0 Å². The fraction of sp³-hybridized carbons (Fsp3) is 0.412. The van der Waals surface area contributed by atoms with Crippen LogP contribution in [0.15, 0.2) is 36.5 Å². The summed E-state index contributed by atoms with van der Waals surface area (Å²) in [5.41, 5.74) is 3.67. The molecule has 116 valence electrons. The van der Waals surface area contributed by atoms with Gasteiger partial charge in [-0.1, -0.05) is 18.2 Å². The lowest BCUT2D eigenvalue weighted by atomic mass is 10.0. The van der Waals surface area contributed by atoms with E-state index in [0.29, 0.717) is 0 Å². The zero-order chi connectivity index (χ0) is 15.7. The van der Waals surface area contributed by atoms with Crippen LogP contribution in [0.4, 0.5) is 5.69 Å². The molecule has 1 aliphatic rings. The average Bonchev–Trinajstić information content (AvgIpc) is 2.91. The molecule has 0 bridgehead atoms. The third-order valence-electron chi connectivity index (χ3n) is 3.88. The molecular weight excluding hydrogens is 292 g/mol. The lowest BCUT2D eigenvalue weighted by molar-refractivity contribution is 0.324. The van der Waals surface area contributed by atoms with Crippen molar-refractivity contribution in [1.82, 2.24) is 14.7 Å². The van der Waals surface area contributed by atoms with E-state index in [2.05, 4.69) is 40.8 Å². The van der Waals surface area contributed by atoms with Gasteiger partial charge in [0.25, 0.3) is 0 Å². The topological polar surface area (TPSA) is 33.1 Å². The molecule has 4 nitrogen and oxygen atoms in total. The van der Waals surface area contributed by atoms with Gasteiger partial charge in [-0.25, -0.2) is 0 Å². The highest BCUT2D eigenvalue weighted by Gasteiger charge is 2.26. The maximum atomic E-state index is 5.55. The number of nitrogens with one attached hydrogen (secondary N) is 1. The van der Waals surface area contributed by atoms with Crippen LogP contribution in [-0.4, -0.2) is 26.3 Å². The maximum Gasteiger partial charge on any atom is 0.173 e. The Labute approximate surface area is 137 Å². The summed E-state index contributed by atoms with van der Waals surface area (Å²) in [5.74, 6) is 0. The number of aromatic nitrogens is 2. The van der Waals surface area contributed by atoms with Crippen LogP contribution in [0.2, 0.25) is 0 Å². The monoisotopic (exact) mass is 314 g/mol. The molecule has 1 aromatic heterocycles. The molecule has 5 heteroatoms. The van der Waals surface area contributed by atoms with E-state index in [1.807, 2.05) is 36.5 Å². The molecule has 22 heavy (non-hydrogen) atoms. The van der Waals surface area contributed by atoms with Crippen molar-refractivity contribution in [3.05, 3.63) is 47.8 Å². The number of nitrogens with zero attached hydrogens (tertiary/aromatic N) is 3. The van der Waals surface area contributed by atoms with Crippen LogP contribution < -0.4 is 5.32 Å². The third kappa shape index (κ3) is 2.99. The lowest BCUT2D eigenvalue weighted by Gasteiger charge is -2.31. The first-order valence-corrected chi connectivity index (χ1v) is 8.03. The van der Waals surface area contributed by atoms with Crippen molar-refractivity contribution in [2.45, 2.75) is 39.3 Å². The Morgan fingerprint density at radius 3 is 2.64 bits per heavy atom. The van der Waals surface area contributed by atoms with Gasteiger partial charge in [-0.2, -0.15) is 5.10 Å². The van der Waals surface area contributed by atoms with Gasteiger partial charge in [0.05, 0.1) is 11.7 Å². The number of hydrogen-bond donors (Lipinski definition) is 1. The number of hydrogen-bond acceptors (Lipinski definition) is 2. The minimum absolute atomic E-state index is 0.0263. The maximum absolute atomic E-state index is 5.55. The Morgan fingerprint density at radius 1 is 1.23 bits per heavy atom. The smallest absolute Gasteiger partial charge is 0.173 e. The SMILES string of the molecule is CC(C)(C)n1ncc2c1CCN(C(=S)Nc1ccccc1)C2. The molecule has 0 unspecified atom stereocenters. The van der Waals surface area contributed by atoms with Crippen LogP contribution in [0.3, 0.4) is 0 Å². The summed E-state index contributed by atoms with van der Waals surface area (Å²) in [4.78, 5) is 2.21. The summed E-state index contributed by atoms with van der Waals surface area (Å²) in [6.45, 7) is 8.31. The number of para-hydroxylation sites is 1. The Morgan fingerprint density at radius 2 is 1.95 bits per heavy atom. The minimum Gasteiger partial charge on any atom is -0.344 e. The molecule has 0 saturated heterocycles. The van der Waals surface area contributed by atoms with Crippen molar-refractivity contribution in [3.63, 3.8) is 0 Å². The second-order valence-corrected chi connectivity index (χ2v) is 7.05. The normalized spacial score (nSPS) is 14.6. The van der Waals surface area contributed by atoms with E-state index < -0.39 is 0 Å². The number of anilines is 1. The molecule has 0 saturated carbocycles. The summed E-state index contributed by atoms with van der Waals surface area (Å²) >= 11 is 5.55. The van der Waals surface area contributed by atoms with E-state index in [1.165, 1.54) is 11.3 Å². The molecule has 1 aliphatic heterocycles. The van der Waals surface area contributed by atoms with Gasteiger partial charge in [0.1, 0.15) is 0 Å². The van der Waals surface area contributed by atoms with Crippen LogP contribution in [0, 0.1) is 0 Å². The number of fused-ring (bicyclic) bond motifs is 1. The van der Waals surface area contributed by atoms with Gasteiger partial charge in [-0.3, -0.25) is 4.68 Å². The van der Waals surface area contributed by atoms with Gasteiger partial charge >= 0.3 is 0 Å². The standard InChI is InChI=1S/C17H22N4S/c1-17(2,3)21-15-9-10-20(12-13(15)11-18-21)16(22)19-14-7-5-4-6-8-14/h4-8,11H,9-10,12H2,1-3H3,(H,19,22). The van der Waals surface area contributed by atoms with Crippen LogP contribution in [0.5, 0.6) is 0 Å². The van der Waals surface area contributed by atoms with Gasteiger partial charge in [0.15, 0.2) is 5.11 Å². The van der Waals surface area contributed by atoms with Gasteiger partial charge in [-0.15, -0.1) is 0 Å². The summed E-state index contributed by atoms with van der Waals surface area (Å²) in [6.07, 6.45) is 2.96. The first-order valence-electron chi connectivity index (χ1n) is 7.62. The second-order valence-electron chi connectivity index (χ2n) is 6.67. The van der Waals surface area contributed by atoms with Crippen molar-refractivity contribution < 1.29 is 0 Å². The second kappa shape index (κ2) is 5.72. The lowest BCUT2D eigenvalue weighted by Crippen LogP contribution is -2.39. The van der Waals surface area contributed by atoms with Gasteiger partial charge < -0.3 is 10.2 Å². The number of thiocarbonyl (C=S) groups is 1. The molecule has 0 radical (unpaired) electrons. The van der Waals surface area contributed by atoms with Crippen molar-refractivity contribution >= 4 is 23.0 Å². The quantitative estimate of drug-likeness (QED) is 0.818. The van der Waals surface area contributed by atoms with Crippen molar-refractivity contribution in [2.24, 2.45) is 0 Å². The minimum atomic E-state index is 0.0263. The molecule has 2 aromatic rings. The largest absolute Gasteiger partial charge is 0.344 e. The predicted molar refractivity (Wildman–Crippen MR) is 94.0 cm³/mol. The molecule has 0 amide bonds. The Bertz CT molecular complexity index is 670. The Hall–Kier alpha value is -1.88. The van der Waals surface area contributed by atoms with Crippen molar-refractivity contribution in [3.8, 4) is 0 Å². The van der Waals surface area contributed by atoms with Crippen LogP contribution in [0.25, 0.3) is 0 Å². The summed E-state index contributed by atoms with van der Waals surface area (Å²) < 4.78 is 2.15. The zero-order valence-corrected chi connectivity index (χ0v) is 14.2. The first-order chi connectivity index (χ1) is 10.4. The highest BCUT2D eigenvalue weighted by atomic mass is 32.1. The van der Waals surface area contributed by atoms with E-state index in [-0.39, 0.29) is 5.54 Å². The summed E-state index contributed by atoms with van der Waals surface area (Å²) in [6, 6.07) is 10.1. The summed E-state index contributed by atoms with van der Waals surface area (Å²) in [7, 11) is 0. The molecule has 0 aliphatic carbocycles. The molecular formula is C17H22N4S. The van der Waals surface area contributed by atoms with E-state index in [1.54, 1.807) is 0 Å². The fourth-order valence-corrected chi connectivity index (χ4v) is 3.08. The van der Waals surface area contributed by atoms with Crippen LogP contribution in [0.1, 0.15) is 32.0 Å². The molecule has 0 fully saturated rings. The van der Waals surface area contributed by atoms with E-state index in [9.17, 15) is 0 Å². The number of benzene rings is 1. The Balaban J connectivity index is 1.72. The fourth-order valence-electron chi connectivity index (χ4n) is 2.81. The Kier molecular flexibility index (Phi) is 3.91. The molecule has 1 aromatic carbocycles. The molecule has 1 N–H and O–H groups in total. The highest BCUT2D eigenvalue weighted by molar-refractivity contribution is 7.80. The van der Waals surface area contributed by atoms with Gasteiger partial charge in [0, 0.05) is 36.5 Å². The predicted octanol–water partition coefficient (Wildman–Crippen LogP) is 3.39. The molecule has 0 atom stereocenters. The average molecular weight is 314 g/mol. The van der Waals surface area contributed by atoms with Crippen LogP contribution >= 0.6 is 12.2 Å². The summed E-state index contributed by atoms with van der Waals surface area (Å²) in [5, 5.41) is 8.66. The van der Waals surface area contributed by atoms with Crippen LogP contribution in [-0.2, 0) is 18.5 Å². The van der Waals surface area contributed by atoms with E-state index >= 15 is 0 Å². The number of rotatable bonds is 1. The first kappa shape index (κ1) is 15.0. The highest BCUT2D eigenvalue weighted by Crippen LogP contribution is 2.24. The van der Waals surface area contributed by atoms with Gasteiger partial charge in [-0.05, 0) is 45.1 Å².